The number of rotatable bonds is 2. The summed E-state index contributed by atoms with van der Waals surface area (Å²) in [5, 5.41) is 0. The zero-order valence-electron chi connectivity index (χ0n) is 8.90. The first-order chi connectivity index (χ1) is 7.18. The van der Waals surface area contributed by atoms with E-state index in [4.69, 9.17) is 10.2 Å². The Hall–Kier alpha value is -1.61. The lowest BCUT2D eigenvalue weighted by Crippen LogP contribution is -2.14. The largest absolute Gasteiger partial charge is 0.472 e. The van der Waals surface area contributed by atoms with E-state index >= 15 is 0 Å². The number of nitrogens with two attached hydrogens (primary N) is 1. The molecule has 0 amide bonds. The summed E-state index contributed by atoms with van der Waals surface area (Å²) in [5.41, 5.74) is 10.2. The SMILES string of the molecule is Cc1cnc(C(N)c2ccoc2)c(C)c1. The quantitative estimate of drug-likeness (QED) is 0.813. The fraction of sp³-hybridized carbons (Fsp3) is 0.250. The van der Waals surface area contributed by atoms with Gasteiger partial charge in [0.2, 0.25) is 0 Å². The van der Waals surface area contributed by atoms with Gasteiger partial charge in [0.05, 0.1) is 24.3 Å². The molecule has 2 N–H and O–H groups in total. The minimum absolute atomic E-state index is 0.204. The molecular weight excluding hydrogens is 188 g/mol. The van der Waals surface area contributed by atoms with Crippen LogP contribution in [0, 0.1) is 13.8 Å². The highest BCUT2D eigenvalue weighted by molar-refractivity contribution is 5.31. The molecule has 0 aliphatic heterocycles. The lowest BCUT2D eigenvalue weighted by molar-refractivity contribution is 0.561. The van der Waals surface area contributed by atoms with E-state index in [0.29, 0.717) is 0 Å². The van der Waals surface area contributed by atoms with Gasteiger partial charge in [0.15, 0.2) is 0 Å². The lowest BCUT2D eigenvalue weighted by Gasteiger charge is -2.12. The molecule has 0 aliphatic rings. The van der Waals surface area contributed by atoms with Crippen LogP contribution in [0.5, 0.6) is 0 Å². The molecule has 2 rings (SSSR count). The van der Waals surface area contributed by atoms with Gasteiger partial charge in [-0.2, -0.15) is 0 Å². The Kier molecular flexibility index (Phi) is 2.56. The summed E-state index contributed by atoms with van der Waals surface area (Å²) in [5.74, 6) is 0. The fourth-order valence-electron chi connectivity index (χ4n) is 1.66. The van der Waals surface area contributed by atoms with Gasteiger partial charge in [-0.1, -0.05) is 6.07 Å². The molecule has 0 spiro atoms. The maximum Gasteiger partial charge on any atom is 0.0954 e. The van der Waals surface area contributed by atoms with Crippen LogP contribution in [0.1, 0.15) is 28.4 Å². The van der Waals surface area contributed by atoms with Crippen LogP contribution in [-0.4, -0.2) is 4.98 Å². The zero-order valence-corrected chi connectivity index (χ0v) is 8.90. The molecule has 1 atom stereocenters. The molecule has 2 heterocycles. The summed E-state index contributed by atoms with van der Waals surface area (Å²) < 4.78 is 5.01. The first kappa shape index (κ1) is 9.93. The predicted octanol–water partition coefficient (Wildman–Crippen LogP) is 2.34. The Morgan fingerprint density at radius 1 is 1.40 bits per heavy atom. The van der Waals surface area contributed by atoms with Crippen LogP contribution in [0.25, 0.3) is 0 Å². The van der Waals surface area contributed by atoms with Crippen LogP contribution in [0.3, 0.4) is 0 Å². The Balaban J connectivity index is 2.38. The van der Waals surface area contributed by atoms with Gasteiger partial charge in [-0.25, -0.2) is 0 Å². The van der Waals surface area contributed by atoms with E-state index < -0.39 is 0 Å². The Morgan fingerprint density at radius 3 is 2.80 bits per heavy atom. The van der Waals surface area contributed by atoms with Gasteiger partial charge in [-0.05, 0) is 31.0 Å². The van der Waals surface area contributed by atoms with Gasteiger partial charge >= 0.3 is 0 Å². The fourth-order valence-corrected chi connectivity index (χ4v) is 1.66. The molecule has 0 saturated heterocycles. The second kappa shape index (κ2) is 3.87. The summed E-state index contributed by atoms with van der Waals surface area (Å²) in [6.07, 6.45) is 5.12. The van der Waals surface area contributed by atoms with Crippen molar-refractivity contribution in [2.24, 2.45) is 5.73 Å². The maximum absolute atomic E-state index is 6.09. The number of pyridine rings is 1. The van der Waals surface area contributed by atoms with Gasteiger partial charge < -0.3 is 10.2 Å². The minimum Gasteiger partial charge on any atom is -0.472 e. The molecule has 0 radical (unpaired) electrons. The van der Waals surface area contributed by atoms with E-state index in [1.54, 1.807) is 12.5 Å². The monoisotopic (exact) mass is 202 g/mol. The molecule has 2 aromatic rings. The van der Waals surface area contributed by atoms with Crippen molar-refractivity contribution in [3.63, 3.8) is 0 Å². The molecule has 1 unspecified atom stereocenters. The van der Waals surface area contributed by atoms with Crippen LogP contribution in [0.4, 0.5) is 0 Å². The van der Waals surface area contributed by atoms with Crippen molar-refractivity contribution in [1.82, 2.24) is 4.98 Å². The third-order valence-electron chi connectivity index (χ3n) is 2.45. The van der Waals surface area contributed by atoms with Crippen LogP contribution in [0.15, 0.2) is 35.3 Å². The van der Waals surface area contributed by atoms with Gasteiger partial charge in [-0.15, -0.1) is 0 Å². The molecule has 3 heteroatoms. The van der Waals surface area contributed by atoms with Crippen molar-refractivity contribution in [3.8, 4) is 0 Å². The molecule has 0 aromatic carbocycles. The van der Waals surface area contributed by atoms with Gasteiger partial charge in [0.1, 0.15) is 0 Å². The van der Waals surface area contributed by atoms with Crippen molar-refractivity contribution in [2.45, 2.75) is 19.9 Å². The topological polar surface area (TPSA) is 52.0 Å². The Bertz CT molecular complexity index is 449. The van der Waals surface area contributed by atoms with Crippen molar-refractivity contribution < 1.29 is 4.42 Å². The minimum atomic E-state index is -0.204. The van der Waals surface area contributed by atoms with E-state index in [-0.39, 0.29) is 6.04 Å². The number of nitrogens with zero attached hydrogens (tertiary/aromatic N) is 1. The molecule has 0 aliphatic carbocycles. The highest BCUT2D eigenvalue weighted by atomic mass is 16.3. The van der Waals surface area contributed by atoms with Crippen molar-refractivity contribution in [1.29, 1.82) is 0 Å². The molecule has 0 saturated carbocycles. The van der Waals surface area contributed by atoms with Crippen LogP contribution in [0.2, 0.25) is 0 Å². The van der Waals surface area contributed by atoms with E-state index in [2.05, 4.69) is 11.1 Å². The van der Waals surface area contributed by atoms with Crippen molar-refractivity contribution in [3.05, 3.63) is 53.2 Å². The van der Waals surface area contributed by atoms with Gasteiger partial charge in [0.25, 0.3) is 0 Å². The summed E-state index contributed by atoms with van der Waals surface area (Å²) in [7, 11) is 0. The number of aryl methyl sites for hydroxylation is 2. The average Bonchev–Trinajstić information content (AvgIpc) is 2.69. The molecule has 15 heavy (non-hydrogen) atoms. The molecular formula is C12H14N2O. The Labute approximate surface area is 88.9 Å². The molecule has 3 nitrogen and oxygen atoms in total. The van der Waals surface area contributed by atoms with E-state index in [0.717, 1.165) is 22.4 Å². The van der Waals surface area contributed by atoms with E-state index in [1.807, 2.05) is 26.1 Å². The standard InChI is InChI=1S/C12H14N2O/c1-8-5-9(2)12(14-6-8)11(13)10-3-4-15-7-10/h3-7,11H,13H2,1-2H3. The number of furan rings is 1. The Morgan fingerprint density at radius 2 is 2.20 bits per heavy atom. The lowest BCUT2D eigenvalue weighted by atomic mass is 10.0. The predicted molar refractivity (Wildman–Crippen MR) is 58.4 cm³/mol. The van der Waals surface area contributed by atoms with Crippen molar-refractivity contribution in [2.75, 3.05) is 0 Å². The zero-order chi connectivity index (χ0) is 10.8. The number of hydrogen-bond donors (Lipinski definition) is 1. The highest BCUT2D eigenvalue weighted by Gasteiger charge is 2.13. The van der Waals surface area contributed by atoms with Gasteiger partial charge in [0, 0.05) is 11.8 Å². The summed E-state index contributed by atoms with van der Waals surface area (Å²) in [6, 6.07) is 3.75. The second-order valence-corrected chi connectivity index (χ2v) is 3.75. The normalized spacial score (nSPS) is 12.7. The first-order valence-electron chi connectivity index (χ1n) is 4.89. The van der Waals surface area contributed by atoms with Gasteiger partial charge in [-0.3, -0.25) is 4.98 Å². The van der Waals surface area contributed by atoms with Crippen LogP contribution >= 0.6 is 0 Å². The third-order valence-corrected chi connectivity index (χ3v) is 2.45. The highest BCUT2D eigenvalue weighted by Crippen LogP contribution is 2.21. The maximum atomic E-state index is 6.09. The average molecular weight is 202 g/mol. The summed E-state index contributed by atoms with van der Waals surface area (Å²) >= 11 is 0. The molecule has 2 aromatic heterocycles. The molecule has 0 bridgehead atoms. The van der Waals surface area contributed by atoms with E-state index in [1.165, 1.54) is 0 Å². The summed E-state index contributed by atoms with van der Waals surface area (Å²) in [4.78, 5) is 4.37. The molecule has 0 fully saturated rings. The molecule has 78 valence electrons. The summed E-state index contributed by atoms with van der Waals surface area (Å²) in [6.45, 7) is 4.04. The second-order valence-electron chi connectivity index (χ2n) is 3.75. The number of hydrogen-bond acceptors (Lipinski definition) is 3. The van der Waals surface area contributed by atoms with Crippen molar-refractivity contribution >= 4 is 0 Å². The van der Waals surface area contributed by atoms with Crippen LogP contribution in [-0.2, 0) is 0 Å². The smallest absolute Gasteiger partial charge is 0.0954 e. The van der Waals surface area contributed by atoms with Crippen LogP contribution < -0.4 is 5.73 Å². The number of aromatic nitrogens is 1. The third kappa shape index (κ3) is 1.92. The van der Waals surface area contributed by atoms with E-state index in [9.17, 15) is 0 Å². The first-order valence-corrected chi connectivity index (χ1v) is 4.89.